The number of ether oxygens (including phenoxy) is 1. The summed E-state index contributed by atoms with van der Waals surface area (Å²) in [6.07, 6.45) is 5.71. The first kappa shape index (κ1) is 27.4. The fraction of sp³-hybridized carbons (Fsp3) is 0.640. The number of hydrogen-bond donors (Lipinski definition) is 0. The van der Waals surface area contributed by atoms with Crippen molar-refractivity contribution in [3.8, 4) is 5.75 Å². The minimum Gasteiger partial charge on any atom is -1.00 e. The average molecular weight is 544 g/mol. The second-order valence-corrected chi connectivity index (χ2v) is 16.6. The molecule has 3 nitrogen and oxygen atoms in total. The molecule has 1 aromatic carbocycles. The summed E-state index contributed by atoms with van der Waals surface area (Å²) >= 11 is 0. The van der Waals surface area contributed by atoms with Crippen LogP contribution in [-0.2, 0) is 11.3 Å². The van der Waals surface area contributed by atoms with E-state index in [4.69, 9.17) is 4.74 Å². The molecule has 1 aliphatic rings. The molecule has 0 N–H and O–H groups in total. The molecule has 3 atom stereocenters. The Hall–Kier alpha value is -0.663. The van der Waals surface area contributed by atoms with Crippen molar-refractivity contribution in [3.05, 3.63) is 42.0 Å². The Balaban J connectivity index is 0.00000450. The molecule has 5 heteroatoms. The topological polar surface area (TPSA) is 26.3 Å². The van der Waals surface area contributed by atoms with E-state index in [2.05, 4.69) is 72.5 Å². The summed E-state index contributed by atoms with van der Waals surface area (Å²) in [5, 5.41) is 0. The molecule has 2 rings (SSSR count). The highest BCUT2D eigenvalue weighted by atomic mass is 127. The van der Waals surface area contributed by atoms with Gasteiger partial charge in [-0.1, -0.05) is 38.7 Å². The van der Waals surface area contributed by atoms with Crippen LogP contribution in [0.5, 0.6) is 5.75 Å². The molecule has 0 aliphatic heterocycles. The van der Waals surface area contributed by atoms with Crippen LogP contribution in [0.2, 0.25) is 19.6 Å². The van der Waals surface area contributed by atoms with Crippen molar-refractivity contribution in [1.82, 2.24) is 0 Å². The van der Waals surface area contributed by atoms with Crippen molar-refractivity contribution >= 4 is 13.9 Å². The van der Waals surface area contributed by atoms with E-state index in [1.807, 2.05) is 6.08 Å². The van der Waals surface area contributed by atoms with Gasteiger partial charge in [0.1, 0.15) is 18.1 Å². The number of methoxy groups -OCH3 is 1. The van der Waals surface area contributed by atoms with Crippen molar-refractivity contribution in [1.29, 1.82) is 0 Å². The number of nitrogens with zero attached hydrogens (tertiary/aromatic N) is 1. The zero-order chi connectivity index (χ0) is 22.0. The fourth-order valence-corrected chi connectivity index (χ4v) is 7.22. The van der Waals surface area contributed by atoms with Crippen LogP contribution in [0.4, 0.5) is 0 Å². The number of benzene rings is 1. The molecule has 0 saturated heterocycles. The summed E-state index contributed by atoms with van der Waals surface area (Å²) in [5.41, 5.74) is 3.12. The van der Waals surface area contributed by atoms with Gasteiger partial charge in [-0.25, -0.2) is 0 Å². The standard InChI is InChI=1S/C25H42NO2Si.HI/c1-10-20-11-14-24(27)25(20,2)16-15-23(29(7,8)9)22-13-12-21(28-6)17-19(22)18-26(3,4)5;/h10,12-13,17,20,23H,1,11,14-16,18H2,2-9H3;1H/q+1;/p-1/t20-,23?,25+;/m1./s1. The van der Waals surface area contributed by atoms with Gasteiger partial charge in [-0.05, 0) is 48.4 Å². The summed E-state index contributed by atoms with van der Waals surface area (Å²) < 4.78 is 6.42. The van der Waals surface area contributed by atoms with Crippen LogP contribution in [0.3, 0.4) is 0 Å². The predicted molar refractivity (Wildman–Crippen MR) is 126 cm³/mol. The molecule has 1 saturated carbocycles. The lowest BCUT2D eigenvalue weighted by atomic mass is 9.74. The molecule has 0 spiro atoms. The summed E-state index contributed by atoms with van der Waals surface area (Å²) in [5.74, 6) is 1.67. The largest absolute Gasteiger partial charge is 1.00 e. The molecule has 0 amide bonds. The Bertz CT molecular complexity index is 750. The van der Waals surface area contributed by atoms with E-state index >= 15 is 0 Å². The number of allylic oxidation sites excluding steroid dienone is 1. The van der Waals surface area contributed by atoms with Crippen molar-refractivity contribution in [2.75, 3.05) is 28.3 Å². The molecule has 0 radical (unpaired) electrons. The molecular formula is C25H42INO2Si. The van der Waals surface area contributed by atoms with E-state index < -0.39 is 8.07 Å². The first-order valence-electron chi connectivity index (χ1n) is 10.9. The normalized spacial score (nSPS) is 23.1. The van der Waals surface area contributed by atoms with Gasteiger partial charge in [0, 0.05) is 17.4 Å². The Labute approximate surface area is 202 Å². The maximum absolute atomic E-state index is 12.7. The first-order chi connectivity index (χ1) is 13.3. The molecule has 1 fully saturated rings. The van der Waals surface area contributed by atoms with Gasteiger partial charge < -0.3 is 33.2 Å². The van der Waals surface area contributed by atoms with Gasteiger partial charge in [0.15, 0.2) is 0 Å². The van der Waals surface area contributed by atoms with Gasteiger partial charge in [0.2, 0.25) is 0 Å². The van der Waals surface area contributed by atoms with Crippen molar-refractivity contribution in [2.45, 2.75) is 64.3 Å². The second kappa shape index (κ2) is 10.3. The molecule has 1 aromatic rings. The quantitative estimate of drug-likeness (QED) is 0.207. The number of ketones is 1. The SMILES string of the molecule is C=C[C@@H]1CCC(=O)[C@@]1(C)CCC(c1ccc(OC)cc1C[N+](C)(C)C)[Si](C)(C)C.[I-]. The number of halogens is 1. The van der Waals surface area contributed by atoms with Crippen molar-refractivity contribution in [3.63, 3.8) is 0 Å². The summed E-state index contributed by atoms with van der Waals surface area (Å²) in [6.45, 7) is 14.5. The third-order valence-corrected chi connectivity index (χ3v) is 9.48. The van der Waals surface area contributed by atoms with E-state index in [0.717, 1.165) is 36.0 Å². The van der Waals surface area contributed by atoms with Crippen LogP contribution >= 0.6 is 0 Å². The molecule has 1 unspecified atom stereocenters. The number of Topliss-reactive ketones (excluding diaryl/α,β-unsaturated/α-hetero) is 1. The molecule has 0 heterocycles. The van der Waals surface area contributed by atoms with Gasteiger partial charge in [0.05, 0.1) is 36.3 Å². The number of quaternary nitrogens is 1. The number of carbonyl (C=O) groups is 1. The van der Waals surface area contributed by atoms with Crippen molar-refractivity contribution in [2.24, 2.45) is 11.3 Å². The summed E-state index contributed by atoms with van der Waals surface area (Å²) in [4.78, 5) is 12.7. The number of carbonyl (C=O) groups excluding carboxylic acids is 1. The van der Waals surface area contributed by atoms with Crippen molar-refractivity contribution < 1.29 is 38.0 Å². The van der Waals surface area contributed by atoms with Crippen LogP contribution in [0.25, 0.3) is 0 Å². The van der Waals surface area contributed by atoms with Crippen LogP contribution in [0, 0.1) is 11.3 Å². The molecule has 0 bridgehead atoms. The Morgan fingerprint density at radius 3 is 2.43 bits per heavy atom. The van der Waals surface area contributed by atoms with Gasteiger partial charge in [-0.2, -0.15) is 0 Å². The molecule has 0 aromatic heterocycles. The Morgan fingerprint density at radius 1 is 1.30 bits per heavy atom. The van der Waals surface area contributed by atoms with E-state index in [0.29, 0.717) is 23.7 Å². The lowest BCUT2D eigenvalue weighted by Crippen LogP contribution is -3.00. The van der Waals surface area contributed by atoms with E-state index in [1.54, 1.807) is 7.11 Å². The van der Waals surface area contributed by atoms with Gasteiger partial charge >= 0.3 is 0 Å². The Kier molecular flexibility index (Phi) is 9.40. The monoisotopic (exact) mass is 543 g/mol. The second-order valence-electron chi connectivity index (χ2n) is 11.2. The minimum absolute atomic E-state index is 0. The summed E-state index contributed by atoms with van der Waals surface area (Å²) in [7, 11) is 6.94. The zero-order valence-corrected chi connectivity index (χ0v) is 23.5. The molecule has 30 heavy (non-hydrogen) atoms. The van der Waals surface area contributed by atoms with E-state index in [1.165, 1.54) is 11.1 Å². The van der Waals surface area contributed by atoms with Gasteiger partial charge in [0.25, 0.3) is 0 Å². The van der Waals surface area contributed by atoms with Crippen LogP contribution in [-0.4, -0.2) is 46.6 Å². The highest BCUT2D eigenvalue weighted by Gasteiger charge is 2.45. The first-order valence-corrected chi connectivity index (χ1v) is 14.5. The summed E-state index contributed by atoms with van der Waals surface area (Å²) in [6, 6.07) is 6.62. The number of rotatable bonds is 9. The molecule has 1 aliphatic carbocycles. The van der Waals surface area contributed by atoms with E-state index in [9.17, 15) is 4.79 Å². The van der Waals surface area contributed by atoms with Crippen LogP contribution < -0.4 is 28.7 Å². The Morgan fingerprint density at radius 2 is 1.93 bits per heavy atom. The lowest BCUT2D eigenvalue weighted by Gasteiger charge is -2.36. The lowest BCUT2D eigenvalue weighted by molar-refractivity contribution is -0.884. The van der Waals surface area contributed by atoms with Gasteiger partial charge in [-0.15, -0.1) is 6.58 Å². The van der Waals surface area contributed by atoms with E-state index in [-0.39, 0.29) is 29.4 Å². The third-order valence-electron chi connectivity index (χ3n) is 6.79. The third kappa shape index (κ3) is 6.42. The van der Waals surface area contributed by atoms with Gasteiger partial charge in [-0.3, -0.25) is 4.79 Å². The number of hydrogen-bond acceptors (Lipinski definition) is 2. The van der Waals surface area contributed by atoms with Crippen LogP contribution in [0.1, 0.15) is 49.3 Å². The average Bonchev–Trinajstić information content (AvgIpc) is 2.88. The van der Waals surface area contributed by atoms with Crippen LogP contribution in [0.15, 0.2) is 30.9 Å². The fourth-order valence-electron chi connectivity index (χ4n) is 5.00. The minimum atomic E-state index is -1.51. The smallest absolute Gasteiger partial charge is 0.139 e. The predicted octanol–water partition coefficient (Wildman–Crippen LogP) is 2.82. The maximum Gasteiger partial charge on any atom is 0.139 e. The zero-order valence-electron chi connectivity index (χ0n) is 20.3. The highest BCUT2D eigenvalue weighted by Crippen LogP contribution is 2.47. The maximum atomic E-state index is 12.7. The highest BCUT2D eigenvalue weighted by molar-refractivity contribution is 6.77. The molecule has 170 valence electrons. The molecular weight excluding hydrogens is 501 g/mol.